The van der Waals surface area contributed by atoms with E-state index in [0.29, 0.717) is 0 Å². The van der Waals surface area contributed by atoms with Gasteiger partial charge in [0, 0.05) is 26.9 Å². The number of hydrogen-bond acceptors (Lipinski definition) is 3. The molecule has 0 fully saturated rings. The highest BCUT2D eigenvalue weighted by Gasteiger charge is 2.37. The maximum Gasteiger partial charge on any atom is 0.141 e. The van der Waals surface area contributed by atoms with Crippen molar-refractivity contribution in [2.24, 2.45) is 0 Å². The number of benzene rings is 5. The first-order valence-electron chi connectivity index (χ1n) is 12.9. The highest BCUT2D eigenvalue weighted by atomic mass is 32.2. The Bertz CT molecular complexity index is 1350. The Labute approximate surface area is 235 Å². The molecule has 0 saturated heterocycles. The van der Waals surface area contributed by atoms with Crippen molar-refractivity contribution in [2.75, 3.05) is 0 Å². The lowest BCUT2D eigenvalue weighted by atomic mass is 9.76. The normalized spacial score (nSPS) is 11.4. The molecule has 0 aromatic heterocycles. The van der Waals surface area contributed by atoms with E-state index < -0.39 is 5.60 Å². The molecule has 0 heterocycles. The monoisotopic (exact) mass is 532 g/mol. The zero-order valence-corrected chi connectivity index (χ0v) is 23.4. The predicted octanol–water partition coefficient (Wildman–Crippen LogP) is 9.17. The van der Waals surface area contributed by atoms with E-state index >= 15 is 0 Å². The minimum atomic E-state index is -1.28. The average molecular weight is 533 g/mol. The number of aryl methyl sites for hydroxylation is 2. The maximum atomic E-state index is 12.8. The molecule has 0 saturated carbocycles. The molecular weight excluding hydrogens is 501 g/mol. The number of rotatable bonds is 9. The van der Waals surface area contributed by atoms with E-state index in [2.05, 4.69) is 80.6 Å². The molecule has 0 unspecified atom stereocenters. The summed E-state index contributed by atoms with van der Waals surface area (Å²) in [4.78, 5) is 2.45. The number of aliphatic hydroxyl groups is 1. The van der Waals surface area contributed by atoms with Gasteiger partial charge in [0.1, 0.15) is 5.60 Å². The summed E-state index contributed by atoms with van der Waals surface area (Å²) < 4.78 is 0. The Kier molecular flexibility index (Phi) is 8.38. The predicted molar refractivity (Wildman–Crippen MR) is 163 cm³/mol. The largest absolute Gasteiger partial charge is 0.376 e. The molecule has 5 aromatic rings. The summed E-state index contributed by atoms with van der Waals surface area (Å²) in [6.07, 6.45) is 0. The SMILES string of the molecule is Cc1ccc(SCc2cccc(CSc3ccc(C)cc3)c2C(O)(c2ccccc2)c2ccccc2)cc1. The Hall–Kier alpha value is -3.24. The van der Waals surface area contributed by atoms with Crippen LogP contribution in [0.1, 0.15) is 38.9 Å². The van der Waals surface area contributed by atoms with Crippen LogP contribution in [0.25, 0.3) is 0 Å². The summed E-state index contributed by atoms with van der Waals surface area (Å²) in [5.74, 6) is 1.53. The first-order chi connectivity index (χ1) is 18.5. The fraction of sp³-hybridized carbons (Fsp3) is 0.143. The zero-order valence-electron chi connectivity index (χ0n) is 21.8. The quantitative estimate of drug-likeness (QED) is 0.151. The van der Waals surface area contributed by atoms with Crippen LogP contribution in [0.15, 0.2) is 137 Å². The number of hydrogen-bond donors (Lipinski definition) is 1. The zero-order chi connectivity index (χ0) is 26.4. The van der Waals surface area contributed by atoms with Gasteiger partial charge < -0.3 is 5.11 Å². The lowest BCUT2D eigenvalue weighted by Crippen LogP contribution is -2.31. The molecule has 190 valence electrons. The molecule has 0 aliphatic carbocycles. The molecule has 0 amide bonds. The van der Waals surface area contributed by atoms with Crippen LogP contribution in [0.4, 0.5) is 0 Å². The van der Waals surface area contributed by atoms with E-state index in [4.69, 9.17) is 0 Å². The summed E-state index contributed by atoms with van der Waals surface area (Å²) in [6.45, 7) is 4.23. The van der Waals surface area contributed by atoms with Gasteiger partial charge in [-0.1, -0.05) is 114 Å². The van der Waals surface area contributed by atoms with E-state index in [9.17, 15) is 5.11 Å². The third-order valence-electron chi connectivity index (χ3n) is 6.81. The summed E-state index contributed by atoms with van der Waals surface area (Å²) in [7, 11) is 0. The third kappa shape index (κ3) is 5.91. The molecular formula is C35H32OS2. The smallest absolute Gasteiger partial charge is 0.141 e. The minimum Gasteiger partial charge on any atom is -0.376 e. The van der Waals surface area contributed by atoms with Crippen molar-refractivity contribution in [1.29, 1.82) is 0 Å². The van der Waals surface area contributed by atoms with Crippen LogP contribution in [0.2, 0.25) is 0 Å². The lowest BCUT2D eigenvalue weighted by molar-refractivity contribution is 0.124. The molecule has 0 aliphatic rings. The summed E-state index contributed by atoms with van der Waals surface area (Å²) in [6, 6.07) is 44.0. The molecule has 5 rings (SSSR count). The van der Waals surface area contributed by atoms with Crippen LogP contribution in [-0.4, -0.2) is 5.11 Å². The standard InChI is InChI=1S/C35H32OS2/c1-26-16-20-32(21-17-26)37-24-28-10-9-11-29(25-38-33-22-18-27(2)19-23-33)34(28)35(36,30-12-5-3-6-13-30)31-14-7-4-8-15-31/h3-23,36H,24-25H2,1-2H3. The van der Waals surface area contributed by atoms with E-state index in [0.717, 1.165) is 39.3 Å². The third-order valence-corrected chi connectivity index (χ3v) is 8.93. The maximum absolute atomic E-state index is 12.8. The molecule has 5 aromatic carbocycles. The van der Waals surface area contributed by atoms with Gasteiger partial charge in [0.05, 0.1) is 0 Å². The van der Waals surface area contributed by atoms with Crippen molar-refractivity contribution in [3.8, 4) is 0 Å². The molecule has 1 nitrogen and oxygen atoms in total. The second-order valence-electron chi connectivity index (χ2n) is 9.60. The van der Waals surface area contributed by atoms with Gasteiger partial charge in [-0.25, -0.2) is 0 Å². The molecule has 0 aliphatic heterocycles. The highest BCUT2D eigenvalue weighted by molar-refractivity contribution is 7.98. The topological polar surface area (TPSA) is 20.2 Å². The van der Waals surface area contributed by atoms with E-state index in [1.54, 1.807) is 0 Å². The van der Waals surface area contributed by atoms with Crippen molar-refractivity contribution >= 4 is 23.5 Å². The molecule has 3 heteroatoms. The van der Waals surface area contributed by atoms with E-state index in [1.165, 1.54) is 20.9 Å². The van der Waals surface area contributed by atoms with Crippen molar-refractivity contribution in [3.05, 3.63) is 166 Å². The van der Waals surface area contributed by atoms with Gasteiger partial charge in [0.15, 0.2) is 0 Å². The first-order valence-corrected chi connectivity index (χ1v) is 14.8. The van der Waals surface area contributed by atoms with Crippen molar-refractivity contribution < 1.29 is 5.11 Å². The molecule has 0 radical (unpaired) electrons. The van der Waals surface area contributed by atoms with Gasteiger partial charge in [0.25, 0.3) is 0 Å². The molecule has 0 atom stereocenters. The van der Waals surface area contributed by atoms with Crippen molar-refractivity contribution in [1.82, 2.24) is 0 Å². The average Bonchev–Trinajstić information content (AvgIpc) is 2.97. The van der Waals surface area contributed by atoms with Gasteiger partial charge in [0.2, 0.25) is 0 Å². The fourth-order valence-corrected chi connectivity index (χ4v) is 6.55. The second-order valence-corrected chi connectivity index (χ2v) is 11.7. The Morgan fingerprint density at radius 3 is 1.29 bits per heavy atom. The highest BCUT2D eigenvalue weighted by Crippen LogP contribution is 2.43. The van der Waals surface area contributed by atoms with Gasteiger partial charge in [-0.15, -0.1) is 23.5 Å². The van der Waals surface area contributed by atoms with Crippen LogP contribution in [-0.2, 0) is 17.1 Å². The molecule has 0 bridgehead atoms. The second kappa shape index (κ2) is 12.1. The van der Waals surface area contributed by atoms with Gasteiger partial charge >= 0.3 is 0 Å². The molecule has 38 heavy (non-hydrogen) atoms. The number of thioether (sulfide) groups is 2. The summed E-state index contributed by atoms with van der Waals surface area (Å²) in [5.41, 5.74) is 6.26. The van der Waals surface area contributed by atoms with E-state index in [-0.39, 0.29) is 0 Å². The van der Waals surface area contributed by atoms with Crippen molar-refractivity contribution in [3.63, 3.8) is 0 Å². The lowest BCUT2D eigenvalue weighted by Gasteiger charge is -2.34. The van der Waals surface area contributed by atoms with Crippen LogP contribution in [0.5, 0.6) is 0 Å². The molecule has 1 N–H and O–H groups in total. The van der Waals surface area contributed by atoms with Gasteiger partial charge in [-0.3, -0.25) is 0 Å². The van der Waals surface area contributed by atoms with Gasteiger partial charge in [-0.2, -0.15) is 0 Å². The first kappa shape index (κ1) is 26.4. The van der Waals surface area contributed by atoms with Gasteiger partial charge in [-0.05, 0) is 60.4 Å². The van der Waals surface area contributed by atoms with Crippen LogP contribution >= 0.6 is 23.5 Å². The molecule has 0 spiro atoms. The van der Waals surface area contributed by atoms with Crippen LogP contribution in [0.3, 0.4) is 0 Å². The fourth-order valence-electron chi connectivity index (χ4n) is 4.76. The summed E-state index contributed by atoms with van der Waals surface area (Å²) >= 11 is 3.62. The minimum absolute atomic E-state index is 0.767. The Morgan fingerprint density at radius 1 is 0.500 bits per heavy atom. The Morgan fingerprint density at radius 2 is 0.895 bits per heavy atom. The van der Waals surface area contributed by atoms with Crippen LogP contribution in [0, 0.1) is 13.8 Å². The van der Waals surface area contributed by atoms with E-state index in [1.807, 2.05) is 84.2 Å². The van der Waals surface area contributed by atoms with Crippen LogP contribution < -0.4 is 0 Å². The summed E-state index contributed by atoms with van der Waals surface area (Å²) in [5, 5.41) is 12.8. The van der Waals surface area contributed by atoms with Crippen molar-refractivity contribution in [2.45, 2.75) is 40.7 Å². The Balaban J connectivity index is 1.62.